The smallest absolute Gasteiger partial charge is 0.307 e. The molecular formula is C16H21NO3. The number of anilines is 1. The van der Waals surface area contributed by atoms with E-state index in [1.54, 1.807) is 0 Å². The van der Waals surface area contributed by atoms with Gasteiger partial charge in [-0.05, 0) is 37.8 Å². The normalized spacial score (nSPS) is 20.5. The minimum absolute atomic E-state index is 0.148. The predicted octanol–water partition coefficient (Wildman–Crippen LogP) is 3.24. The molecule has 0 aliphatic heterocycles. The van der Waals surface area contributed by atoms with Gasteiger partial charge in [0, 0.05) is 5.69 Å². The monoisotopic (exact) mass is 275 g/mol. The highest BCUT2D eigenvalue weighted by atomic mass is 16.4. The molecule has 4 heteroatoms. The number of nitrogens with one attached hydrogen (secondary N) is 1. The molecule has 20 heavy (non-hydrogen) atoms. The molecule has 1 aromatic rings. The second kappa shape index (κ2) is 8.15. The van der Waals surface area contributed by atoms with Crippen LogP contribution in [0.1, 0.15) is 25.3 Å². The number of rotatable bonds is 3. The molecule has 0 saturated carbocycles. The third-order valence-electron chi connectivity index (χ3n) is 3.35. The summed E-state index contributed by atoms with van der Waals surface area (Å²) >= 11 is 0. The fourth-order valence-corrected chi connectivity index (χ4v) is 2.01. The van der Waals surface area contributed by atoms with Gasteiger partial charge in [0.05, 0.1) is 5.92 Å². The number of amides is 1. The van der Waals surface area contributed by atoms with E-state index < -0.39 is 5.97 Å². The quantitative estimate of drug-likeness (QED) is 0.657. The summed E-state index contributed by atoms with van der Waals surface area (Å²) in [5, 5.41) is 11.2. The zero-order chi connectivity index (χ0) is 15.0. The lowest BCUT2D eigenvalue weighted by Gasteiger charge is -2.20. The molecule has 2 rings (SSSR count). The molecule has 0 heterocycles. The van der Waals surface area contributed by atoms with Gasteiger partial charge < -0.3 is 10.4 Å². The highest BCUT2D eigenvalue weighted by Crippen LogP contribution is 2.24. The maximum Gasteiger partial charge on any atom is 0.307 e. The van der Waals surface area contributed by atoms with Crippen molar-refractivity contribution < 1.29 is 14.7 Å². The lowest BCUT2D eigenvalue weighted by molar-refractivity contribution is -0.143. The van der Waals surface area contributed by atoms with Crippen LogP contribution < -0.4 is 5.32 Å². The molecule has 0 saturated heterocycles. The standard InChI is InChI=1S/C8H9NO.C8H12O2/c1-7-2-4-8(5-3-7)9-6-10;1-6-4-2-3-5-7(6)8(9)10/h2-6H,1H3,(H,9,10);2-3,6-7H,4-5H2,1H3,(H,9,10). The lowest BCUT2D eigenvalue weighted by atomic mass is 9.85. The van der Waals surface area contributed by atoms with Crippen LogP contribution in [0, 0.1) is 18.8 Å². The highest BCUT2D eigenvalue weighted by Gasteiger charge is 2.24. The minimum Gasteiger partial charge on any atom is -0.481 e. The zero-order valence-corrected chi connectivity index (χ0v) is 11.9. The van der Waals surface area contributed by atoms with Crippen LogP contribution in [0.2, 0.25) is 0 Å². The number of hydrogen-bond donors (Lipinski definition) is 2. The molecule has 2 unspecified atom stereocenters. The third-order valence-corrected chi connectivity index (χ3v) is 3.35. The Morgan fingerprint density at radius 3 is 2.30 bits per heavy atom. The molecule has 0 fully saturated rings. The molecule has 1 aromatic carbocycles. The first kappa shape index (κ1) is 16.0. The summed E-state index contributed by atoms with van der Waals surface area (Å²) in [5.74, 6) is -0.496. The second-order valence-electron chi connectivity index (χ2n) is 4.99. The second-order valence-corrected chi connectivity index (χ2v) is 4.99. The number of allylic oxidation sites excluding steroid dienone is 2. The number of carboxylic acids is 1. The summed E-state index contributed by atoms with van der Waals surface area (Å²) in [6.07, 6.45) is 6.31. The summed E-state index contributed by atoms with van der Waals surface area (Å²) < 4.78 is 0. The largest absolute Gasteiger partial charge is 0.481 e. The van der Waals surface area contributed by atoms with Crippen molar-refractivity contribution in [2.75, 3.05) is 5.32 Å². The van der Waals surface area contributed by atoms with Crippen molar-refractivity contribution >= 4 is 18.1 Å². The average molecular weight is 275 g/mol. The molecule has 0 radical (unpaired) electrons. The van der Waals surface area contributed by atoms with Crippen LogP contribution in [0.3, 0.4) is 0 Å². The molecule has 108 valence electrons. The van der Waals surface area contributed by atoms with Gasteiger partial charge in [0.25, 0.3) is 0 Å². The first-order valence-electron chi connectivity index (χ1n) is 6.69. The molecule has 1 amide bonds. The van der Waals surface area contributed by atoms with Gasteiger partial charge in [-0.25, -0.2) is 0 Å². The Hall–Kier alpha value is -2.10. The van der Waals surface area contributed by atoms with Crippen molar-refractivity contribution in [3.63, 3.8) is 0 Å². The lowest BCUT2D eigenvalue weighted by Crippen LogP contribution is -2.22. The number of aryl methyl sites for hydroxylation is 1. The Labute approximate surface area is 119 Å². The maximum atomic E-state index is 10.5. The number of carboxylic acid groups (broad SMARTS) is 1. The van der Waals surface area contributed by atoms with Gasteiger partial charge in [-0.15, -0.1) is 0 Å². The van der Waals surface area contributed by atoms with Gasteiger partial charge in [0.1, 0.15) is 0 Å². The molecular weight excluding hydrogens is 254 g/mol. The van der Waals surface area contributed by atoms with Gasteiger partial charge in [-0.1, -0.05) is 36.8 Å². The third kappa shape index (κ3) is 5.26. The van der Waals surface area contributed by atoms with Crippen LogP contribution in [0.25, 0.3) is 0 Å². The molecule has 1 aliphatic rings. The topological polar surface area (TPSA) is 66.4 Å². The Kier molecular flexibility index (Phi) is 6.50. The summed E-state index contributed by atoms with van der Waals surface area (Å²) in [6.45, 7) is 3.99. The van der Waals surface area contributed by atoms with E-state index in [0.29, 0.717) is 18.7 Å². The van der Waals surface area contributed by atoms with Crippen LogP contribution in [0.15, 0.2) is 36.4 Å². The van der Waals surface area contributed by atoms with Crippen LogP contribution in [-0.4, -0.2) is 17.5 Å². The van der Waals surface area contributed by atoms with Crippen molar-refractivity contribution in [2.24, 2.45) is 11.8 Å². The minimum atomic E-state index is -0.656. The Morgan fingerprint density at radius 2 is 1.85 bits per heavy atom. The highest BCUT2D eigenvalue weighted by molar-refractivity contribution is 5.71. The fraction of sp³-hybridized carbons (Fsp3) is 0.375. The number of aliphatic carboxylic acids is 1. The van der Waals surface area contributed by atoms with Gasteiger partial charge in [0.15, 0.2) is 0 Å². The summed E-state index contributed by atoms with van der Waals surface area (Å²) in [7, 11) is 0. The van der Waals surface area contributed by atoms with Crippen molar-refractivity contribution in [3.8, 4) is 0 Å². The number of carbonyl (C=O) groups is 2. The van der Waals surface area contributed by atoms with Crippen molar-refractivity contribution in [3.05, 3.63) is 42.0 Å². The van der Waals surface area contributed by atoms with E-state index in [1.165, 1.54) is 5.56 Å². The Morgan fingerprint density at radius 1 is 1.25 bits per heavy atom. The van der Waals surface area contributed by atoms with Gasteiger partial charge in [0.2, 0.25) is 6.41 Å². The molecule has 2 N–H and O–H groups in total. The van der Waals surface area contributed by atoms with E-state index in [-0.39, 0.29) is 5.92 Å². The molecule has 2 atom stereocenters. The zero-order valence-electron chi connectivity index (χ0n) is 11.9. The van der Waals surface area contributed by atoms with E-state index in [0.717, 1.165) is 12.1 Å². The molecule has 0 bridgehead atoms. The molecule has 4 nitrogen and oxygen atoms in total. The van der Waals surface area contributed by atoms with Crippen molar-refractivity contribution in [1.82, 2.24) is 0 Å². The number of hydrogen-bond acceptors (Lipinski definition) is 2. The number of benzene rings is 1. The van der Waals surface area contributed by atoms with Crippen LogP contribution in [-0.2, 0) is 9.59 Å². The molecule has 1 aliphatic carbocycles. The van der Waals surface area contributed by atoms with E-state index in [2.05, 4.69) is 11.4 Å². The Bertz CT molecular complexity index is 465. The summed E-state index contributed by atoms with van der Waals surface area (Å²) in [5.41, 5.74) is 2.03. The fourth-order valence-electron chi connectivity index (χ4n) is 2.01. The van der Waals surface area contributed by atoms with E-state index in [4.69, 9.17) is 5.11 Å². The van der Waals surface area contributed by atoms with E-state index >= 15 is 0 Å². The first-order valence-corrected chi connectivity index (χ1v) is 6.69. The van der Waals surface area contributed by atoms with E-state index in [1.807, 2.05) is 44.2 Å². The van der Waals surface area contributed by atoms with Crippen LogP contribution in [0.4, 0.5) is 5.69 Å². The Balaban J connectivity index is 0.000000200. The first-order chi connectivity index (χ1) is 9.54. The predicted molar refractivity (Wildman–Crippen MR) is 79.5 cm³/mol. The SMILES string of the molecule is CC1CC=CCC1C(=O)O.Cc1ccc(NC=O)cc1. The molecule has 0 spiro atoms. The van der Waals surface area contributed by atoms with Gasteiger partial charge in [-0.2, -0.15) is 0 Å². The van der Waals surface area contributed by atoms with Crippen LogP contribution in [0.5, 0.6) is 0 Å². The van der Waals surface area contributed by atoms with Crippen molar-refractivity contribution in [2.45, 2.75) is 26.7 Å². The average Bonchev–Trinajstić information content (AvgIpc) is 2.43. The van der Waals surface area contributed by atoms with Gasteiger partial charge in [-0.3, -0.25) is 9.59 Å². The maximum absolute atomic E-state index is 10.5. The van der Waals surface area contributed by atoms with Crippen molar-refractivity contribution in [1.29, 1.82) is 0 Å². The van der Waals surface area contributed by atoms with Gasteiger partial charge >= 0.3 is 5.97 Å². The van der Waals surface area contributed by atoms with E-state index in [9.17, 15) is 9.59 Å². The number of carbonyl (C=O) groups excluding carboxylic acids is 1. The molecule has 0 aromatic heterocycles. The van der Waals surface area contributed by atoms with Crippen LogP contribution >= 0.6 is 0 Å². The summed E-state index contributed by atoms with van der Waals surface area (Å²) in [4.78, 5) is 20.5. The summed E-state index contributed by atoms with van der Waals surface area (Å²) in [6, 6.07) is 7.63.